The van der Waals surface area contributed by atoms with E-state index in [1.165, 1.54) is 24.0 Å². The molecule has 2 aromatic carbocycles. The molecule has 27 heavy (non-hydrogen) atoms. The highest BCUT2D eigenvalue weighted by atomic mass is 19.1. The number of hydrogen-bond donors (Lipinski definition) is 2. The maximum atomic E-state index is 14.7. The molecule has 2 fully saturated rings. The number of nitrogens with one attached hydrogen (secondary N) is 1. The van der Waals surface area contributed by atoms with Gasteiger partial charge in [-0.1, -0.05) is 18.6 Å². The lowest BCUT2D eigenvalue weighted by molar-refractivity contribution is 0.0695. The van der Waals surface area contributed by atoms with Gasteiger partial charge in [0.15, 0.2) is 0 Å². The first-order valence-electron chi connectivity index (χ1n) is 9.65. The summed E-state index contributed by atoms with van der Waals surface area (Å²) in [6, 6.07) is 7.84. The maximum Gasteiger partial charge on any atom is 0.335 e. The minimum absolute atomic E-state index is 0.0335. The largest absolute Gasteiger partial charge is 0.478 e. The van der Waals surface area contributed by atoms with Gasteiger partial charge in [-0.2, -0.15) is 0 Å². The van der Waals surface area contributed by atoms with E-state index in [9.17, 15) is 13.6 Å². The van der Waals surface area contributed by atoms with E-state index in [0.29, 0.717) is 11.8 Å². The van der Waals surface area contributed by atoms with Crippen molar-refractivity contribution >= 4 is 11.7 Å². The van der Waals surface area contributed by atoms with Gasteiger partial charge in [0, 0.05) is 11.3 Å². The summed E-state index contributed by atoms with van der Waals surface area (Å²) in [5, 5.41) is 12.4. The summed E-state index contributed by atoms with van der Waals surface area (Å²) in [5.41, 5.74) is 3.22. The monoisotopic (exact) mass is 369 g/mol. The number of anilines is 1. The Morgan fingerprint density at radius 3 is 2.44 bits per heavy atom. The molecule has 3 aliphatic rings. The zero-order valence-corrected chi connectivity index (χ0v) is 14.8. The normalized spacial score (nSPS) is 26.2. The van der Waals surface area contributed by atoms with E-state index in [0.717, 1.165) is 37.1 Å². The standard InChI is InChI=1S/C22H21F2NO2/c23-17-9-13(22(26)27)10-18(24)20(17)21-15-3-1-2-14(15)16-8-12(11-4-5-11)6-7-19(16)25-21/h6-11,14-15,21,25H,1-5H2,(H,26,27)/t14-,15+,21-/m1/s1. The number of hydrogen-bond acceptors (Lipinski definition) is 2. The van der Waals surface area contributed by atoms with Gasteiger partial charge < -0.3 is 10.4 Å². The number of carboxylic acids is 1. The van der Waals surface area contributed by atoms with Crippen LogP contribution in [-0.4, -0.2) is 11.1 Å². The van der Waals surface area contributed by atoms with Crippen molar-refractivity contribution in [2.75, 3.05) is 5.32 Å². The molecule has 0 aromatic heterocycles. The van der Waals surface area contributed by atoms with Gasteiger partial charge in [0.2, 0.25) is 0 Å². The Kier molecular flexibility index (Phi) is 3.74. The molecule has 0 amide bonds. The topological polar surface area (TPSA) is 49.3 Å². The smallest absolute Gasteiger partial charge is 0.335 e. The van der Waals surface area contributed by atoms with Crippen LogP contribution in [0, 0.1) is 17.6 Å². The summed E-state index contributed by atoms with van der Waals surface area (Å²) in [7, 11) is 0. The molecule has 3 nitrogen and oxygen atoms in total. The molecule has 2 N–H and O–H groups in total. The Labute approximate surface area is 156 Å². The minimum Gasteiger partial charge on any atom is -0.478 e. The van der Waals surface area contributed by atoms with Crippen molar-refractivity contribution in [3.8, 4) is 0 Å². The Morgan fingerprint density at radius 1 is 1.04 bits per heavy atom. The van der Waals surface area contributed by atoms with Crippen LogP contribution in [0.4, 0.5) is 14.5 Å². The summed E-state index contributed by atoms with van der Waals surface area (Å²) in [5.74, 6) is -1.81. The van der Waals surface area contributed by atoms with Gasteiger partial charge >= 0.3 is 5.97 Å². The molecular weight excluding hydrogens is 348 g/mol. The molecule has 2 saturated carbocycles. The second-order valence-corrected chi connectivity index (χ2v) is 8.10. The number of carboxylic acid groups (broad SMARTS) is 1. The zero-order valence-electron chi connectivity index (χ0n) is 14.8. The van der Waals surface area contributed by atoms with Crippen LogP contribution in [0.15, 0.2) is 30.3 Å². The molecule has 3 atom stereocenters. The van der Waals surface area contributed by atoms with E-state index >= 15 is 0 Å². The molecule has 140 valence electrons. The highest BCUT2D eigenvalue weighted by Crippen LogP contribution is 2.54. The number of rotatable bonds is 3. The lowest BCUT2D eigenvalue weighted by atomic mass is 9.76. The number of benzene rings is 2. The third kappa shape index (κ3) is 2.71. The molecule has 0 spiro atoms. The predicted molar refractivity (Wildman–Crippen MR) is 98.2 cm³/mol. The second-order valence-electron chi connectivity index (χ2n) is 8.10. The summed E-state index contributed by atoms with van der Waals surface area (Å²) < 4.78 is 29.4. The van der Waals surface area contributed by atoms with Gasteiger partial charge in [0.05, 0.1) is 11.6 Å². The second kappa shape index (κ2) is 6.04. The highest BCUT2D eigenvalue weighted by molar-refractivity contribution is 5.87. The lowest BCUT2D eigenvalue weighted by Gasteiger charge is -2.38. The Balaban J connectivity index is 1.57. The fourth-order valence-electron chi connectivity index (χ4n) is 5.03. The molecule has 0 radical (unpaired) electrons. The van der Waals surface area contributed by atoms with Crippen molar-refractivity contribution in [3.63, 3.8) is 0 Å². The molecule has 0 unspecified atom stereocenters. The van der Waals surface area contributed by atoms with Crippen molar-refractivity contribution in [1.29, 1.82) is 0 Å². The van der Waals surface area contributed by atoms with Gasteiger partial charge in [-0.3, -0.25) is 0 Å². The Morgan fingerprint density at radius 2 is 1.78 bits per heavy atom. The van der Waals surface area contributed by atoms with E-state index in [2.05, 4.69) is 17.4 Å². The average Bonchev–Trinajstić information content (AvgIpc) is 3.36. The summed E-state index contributed by atoms with van der Waals surface area (Å²) in [6.07, 6.45) is 5.47. The van der Waals surface area contributed by atoms with Crippen molar-refractivity contribution in [1.82, 2.24) is 0 Å². The van der Waals surface area contributed by atoms with Crippen LogP contribution in [0.5, 0.6) is 0 Å². The third-order valence-electron chi connectivity index (χ3n) is 6.47. The van der Waals surface area contributed by atoms with E-state index in [4.69, 9.17) is 5.11 Å². The van der Waals surface area contributed by atoms with Crippen molar-refractivity contribution in [2.45, 2.75) is 50.0 Å². The van der Waals surface area contributed by atoms with E-state index in [1.807, 2.05) is 6.07 Å². The van der Waals surface area contributed by atoms with Gasteiger partial charge in [0.1, 0.15) is 11.6 Å². The van der Waals surface area contributed by atoms with Crippen LogP contribution in [0.25, 0.3) is 0 Å². The van der Waals surface area contributed by atoms with Crippen molar-refractivity contribution in [2.24, 2.45) is 5.92 Å². The van der Waals surface area contributed by atoms with Crippen LogP contribution in [0.1, 0.15) is 77.0 Å². The molecule has 1 aliphatic heterocycles. The summed E-state index contributed by atoms with van der Waals surface area (Å²) >= 11 is 0. The quantitative estimate of drug-likeness (QED) is 0.741. The average molecular weight is 369 g/mol. The number of halogens is 2. The minimum atomic E-state index is -1.33. The third-order valence-corrected chi connectivity index (χ3v) is 6.47. The molecule has 5 heteroatoms. The first-order valence-corrected chi connectivity index (χ1v) is 9.65. The SMILES string of the molecule is O=C(O)c1cc(F)c([C@@H]2Nc3ccc(C4CC4)cc3[C@@H]3CCC[C@@H]32)c(F)c1. The molecule has 0 bridgehead atoms. The molecule has 1 heterocycles. The fraction of sp³-hybridized carbons (Fsp3) is 0.409. The van der Waals surface area contributed by atoms with Gasteiger partial charge in [-0.05, 0) is 72.8 Å². The molecule has 5 rings (SSSR count). The summed E-state index contributed by atoms with van der Waals surface area (Å²) in [4.78, 5) is 11.1. The van der Waals surface area contributed by atoms with Crippen molar-refractivity contribution in [3.05, 3.63) is 64.2 Å². The van der Waals surface area contributed by atoms with E-state index < -0.39 is 23.6 Å². The van der Waals surface area contributed by atoms with Crippen LogP contribution >= 0.6 is 0 Å². The first-order chi connectivity index (χ1) is 13.0. The van der Waals surface area contributed by atoms with E-state index in [1.54, 1.807) is 0 Å². The van der Waals surface area contributed by atoms with Gasteiger partial charge in [0.25, 0.3) is 0 Å². The van der Waals surface area contributed by atoms with Gasteiger partial charge in [-0.25, -0.2) is 13.6 Å². The lowest BCUT2D eigenvalue weighted by Crippen LogP contribution is -2.30. The molecule has 0 saturated heterocycles. The Hall–Kier alpha value is -2.43. The maximum absolute atomic E-state index is 14.7. The number of aromatic carboxylic acids is 1. The summed E-state index contributed by atoms with van der Waals surface area (Å²) in [6.45, 7) is 0. The zero-order chi connectivity index (χ0) is 18.7. The van der Waals surface area contributed by atoms with Crippen LogP contribution in [0.3, 0.4) is 0 Å². The number of fused-ring (bicyclic) bond motifs is 3. The van der Waals surface area contributed by atoms with Crippen LogP contribution in [0.2, 0.25) is 0 Å². The van der Waals surface area contributed by atoms with E-state index in [-0.39, 0.29) is 17.0 Å². The van der Waals surface area contributed by atoms with Gasteiger partial charge in [-0.15, -0.1) is 0 Å². The van der Waals surface area contributed by atoms with Crippen molar-refractivity contribution < 1.29 is 18.7 Å². The van der Waals surface area contributed by atoms with Crippen LogP contribution in [-0.2, 0) is 0 Å². The highest BCUT2D eigenvalue weighted by Gasteiger charge is 2.42. The first kappa shape index (κ1) is 16.7. The molecule has 2 aliphatic carbocycles. The molecular formula is C22H21F2NO2. The Bertz CT molecular complexity index is 915. The molecule has 2 aromatic rings. The van der Waals surface area contributed by atoms with Crippen LogP contribution < -0.4 is 5.32 Å². The predicted octanol–water partition coefficient (Wildman–Crippen LogP) is 5.59. The number of carbonyl (C=O) groups is 1. The fourth-order valence-corrected chi connectivity index (χ4v) is 5.03.